The Morgan fingerprint density at radius 3 is 2.90 bits per heavy atom. The van der Waals surface area contributed by atoms with E-state index in [1.807, 2.05) is 35.2 Å². The Labute approximate surface area is 125 Å². The van der Waals surface area contributed by atoms with Crippen LogP contribution in [-0.4, -0.2) is 53.9 Å². The minimum atomic E-state index is 0.212. The number of benzene rings is 1. The lowest BCUT2D eigenvalue weighted by atomic mass is 10.1. The molecule has 1 saturated heterocycles. The Kier molecular flexibility index (Phi) is 4.15. The average molecular weight is 283 g/mol. The van der Waals surface area contributed by atoms with E-state index < -0.39 is 0 Å². The standard InChI is InChI=1S/C17H21N3O/c1-19-9-4-10-20(12-11-19)16(21)13-15-6-2-5-14-7-3-8-18-17(14)15/h2-3,5-8H,4,9-13H2,1H3. The second kappa shape index (κ2) is 6.22. The summed E-state index contributed by atoms with van der Waals surface area (Å²) in [7, 11) is 2.11. The number of carbonyl (C=O) groups excluding carboxylic acids is 1. The first-order chi connectivity index (χ1) is 10.2. The van der Waals surface area contributed by atoms with Crippen LogP contribution in [0.5, 0.6) is 0 Å². The van der Waals surface area contributed by atoms with Crippen molar-refractivity contribution in [1.29, 1.82) is 0 Å². The molecule has 0 unspecified atom stereocenters. The smallest absolute Gasteiger partial charge is 0.227 e. The predicted octanol–water partition coefficient (Wildman–Crippen LogP) is 1.94. The van der Waals surface area contributed by atoms with Gasteiger partial charge in [-0.1, -0.05) is 24.3 Å². The number of amides is 1. The van der Waals surface area contributed by atoms with Crippen molar-refractivity contribution in [2.45, 2.75) is 12.8 Å². The SMILES string of the molecule is CN1CCCN(C(=O)Cc2cccc3cccnc23)CC1. The summed E-state index contributed by atoms with van der Waals surface area (Å²) in [6, 6.07) is 10.0. The number of para-hydroxylation sites is 1. The van der Waals surface area contributed by atoms with E-state index in [0.29, 0.717) is 6.42 Å². The molecule has 0 aliphatic carbocycles. The average Bonchev–Trinajstić information content (AvgIpc) is 2.72. The van der Waals surface area contributed by atoms with Crippen molar-refractivity contribution >= 4 is 16.8 Å². The van der Waals surface area contributed by atoms with Crippen molar-refractivity contribution in [2.24, 2.45) is 0 Å². The molecule has 2 heterocycles. The van der Waals surface area contributed by atoms with Gasteiger partial charge in [-0.05, 0) is 31.6 Å². The molecular weight excluding hydrogens is 262 g/mol. The van der Waals surface area contributed by atoms with Crippen LogP contribution in [0.3, 0.4) is 0 Å². The molecule has 0 atom stereocenters. The third-order valence-corrected chi connectivity index (χ3v) is 4.13. The highest BCUT2D eigenvalue weighted by Gasteiger charge is 2.18. The van der Waals surface area contributed by atoms with Crippen molar-refractivity contribution in [3.8, 4) is 0 Å². The quantitative estimate of drug-likeness (QED) is 0.845. The molecule has 1 aliphatic rings. The summed E-state index contributed by atoms with van der Waals surface area (Å²) in [5.74, 6) is 0.212. The molecule has 21 heavy (non-hydrogen) atoms. The Morgan fingerprint density at radius 2 is 2.00 bits per heavy atom. The van der Waals surface area contributed by atoms with Gasteiger partial charge in [-0.3, -0.25) is 9.78 Å². The van der Waals surface area contributed by atoms with E-state index in [4.69, 9.17) is 0 Å². The van der Waals surface area contributed by atoms with Crippen LogP contribution in [0.1, 0.15) is 12.0 Å². The van der Waals surface area contributed by atoms with E-state index in [1.54, 1.807) is 6.20 Å². The zero-order chi connectivity index (χ0) is 14.7. The van der Waals surface area contributed by atoms with Crippen LogP contribution in [0.25, 0.3) is 10.9 Å². The normalized spacial score (nSPS) is 16.9. The molecule has 3 rings (SSSR count). The number of hydrogen-bond donors (Lipinski definition) is 0. The molecule has 2 aromatic rings. The number of carbonyl (C=O) groups is 1. The van der Waals surface area contributed by atoms with Crippen LogP contribution in [0.2, 0.25) is 0 Å². The van der Waals surface area contributed by atoms with Crippen molar-refractivity contribution in [3.63, 3.8) is 0 Å². The van der Waals surface area contributed by atoms with E-state index in [1.165, 1.54) is 0 Å². The van der Waals surface area contributed by atoms with Gasteiger partial charge in [0.2, 0.25) is 5.91 Å². The maximum Gasteiger partial charge on any atom is 0.227 e. The van der Waals surface area contributed by atoms with Gasteiger partial charge < -0.3 is 9.80 Å². The summed E-state index contributed by atoms with van der Waals surface area (Å²) in [6.45, 7) is 3.72. The van der Waals surface area contributed by atoms with Gasteiger partial charge in [0.05, 0.1) is 11.9 Å². The molecular formula is C17H21N3O. The third kappa shape index (κ3) is 3.22. The minimum absolute atomic E-state index is 0.212. The molecule has 1 aromatic heterocycles. The van der Waals surface area contributed by atoms with E-state index >= 15 is 0 Å². The molecule has 0 N–H and O–H groups in total. The lowest BCUT2D eigenvalue weighted by Crippen LogP contribution is -2.35. The molecule has 0 radical (unpaired) electrons. The highest BCUT2D eigenvalue weighted by Crippen LogP contribution is 2.17. The molecule has 110 valence electrons. The van der Waals surface area contributed by atoms with Gasteiger partial charge in [0, 0.05) is 31.2 Å². The van der Waals surface area contributed by atoms with Gasteiger partial charge in [-0.15, -0.1) is 0 Å². The number of aromatic nitrogens is 1. The summed E-state index contributed by atoms with van der Waals surface area (Å²) in [5, 5.41) is 1.10. The van der Waals surface area contributed by atoms with Crippen LogP contribution in [0, 0.1) is 0 Å². The lowest BCUT2D eigenvalue weighted by molar-refractivity contribution is -0.130. The Hall–Kier alpha value is -1.94. The highest BCUT2D eigenvalue weighted by molar-refractivity contribution is 5.87. The topological polar surface area (TPSA) is 36.4 Å². The van der Waals surface area contributed by atoms with Gasteiger partial charge >= 0.3 is 0 Å². The first-order valence-corrected chi connectivity index (χ1v) is 7.53. The van der Waals surface area contributed by atoms with Gasteiger partial charge in [-0.25, -0.2) is 0 Å². The summed E-state index contributed by atoms with van der Waals surface area (Å²) >= 11 is 0. The lowest BCUT2D eigenvalue weighted by Gasteiger charge is -2.20. The molecule has 1 aromatic carbocycles. The fraction of sp³-hybridized carbons (Fsp3) is 0.412. The highest BCUT2D eigenvalue weighted by atomic mass is 16.2. The van der Waals surface area contributed by atoms with Gasteiger partial charge in [-0.2, -0.15) is 0 Å². The second-order valence-corrected chi connectivity index (χ2v) is 5.71. The molecule has 1 amide bonds. The van der Waals surface area contributed by atoms with Gasteiger partial charge in [0.15, 0.2) is 0 Å². The molecule has 0 bridgehead atoms. The third-order valence-electron chi connectivity index (χ3n) is 4.13. The molecule has 1 fully saturated rings. The van der Waals surface area contributed by atoms with E-state index in [9.17, 15) is 4.79 Å². The van der Waals surface area contributed by atoms with Crippen LogP contribution in [0.4, 0.5) is 0 Å². The summed E-state index contributed by atoms with van der Waals surface area (Å²) in [5.41, 5.74) is 1.97. The molecule has 0 spiro atoms. The summed E-state index contributed by atoms with van der Waals surface area (Å²) in [4.78, 5) is 21.3. The first kappa shape index (κ1) is 14.0. The Balaban J connectivity index is 1.77. The van der Waals surface area contributed by atoms with Gasteiger partial charge in [0.1, 0.15) is 0 Å². The minimum Gasteiger partial charge on any atom is -0.341 e. The zero-order valence-electron chi connectivity index (χ0n) is 12.5. The van der Waals surface area contributed by atoms with Crippen molar-refractivity contribution < 1.29 is 4.79 Å². The fourth-order valence-corrected chi connectivity index (χ4v) is 2.88. The second-order valence-electron chi connectivity index (χ2n) is 5.71. The van der Waals surface area contributed by atoms with Gasteiger partial charge in [0.25, 0.3) is 0 Å². The Bertz CT molecular complexity index is 635. The maximum atomic E-state index is 12.6. The van der Waals surface area contributed by atoms with Crippen LogP contribution < -0.4 is 0 Å². The van der Waals surface area contributed by atoms with E-state index in [-0.39, 0.29) is 5.91 Å². The number of fused-ring (bicyclic) bond motifs is 1. The number of hydrogen-bond acceptors (Lipinski definition) is 3. The maximum absolute atomic E-state index is 12.6. The number of rotatable bonds is 2. The fourth-order valence-electron chi connectivity index (χ4n) is 2.88. The number of pyridine rings is 1. The molecule has 0 saturated carbocycles. The molecule has 1 aliphatic heterocycles. The first-order valence-electron chi connectivity index (χ1n) is 7.53. The largest absolute Gasteiger partial charge is 0.341 e. The number of likely N-dealkylation sites (N-methyl/N-ethyl adjacent to an activating group) is 1. The summed E-state index contributed by atoms with van der Waals surface area (Å²) in [6.07, 6.45) is 3.28. The van der Waals surface area contributed by atoms with Crippen molar-refractivity contribution in [1.82, 2.24) is 14.8 Å². The monoisotopic (exact) mass is 283 g/mol. The zero-order valence-corrected chi connectivity index (χ0v) is 12.5. The van der Waals surface area contributed by atoms with E-state index in [0.717, 1.165) is 49.1 Å². The Morgan fingerprint density at radius 1 is 1.14 bits per heavy atom. The van der Waals surface area contributed by atoms with Crippen LogP contribution >= 0.6 is 0 Å². The van der Waals surface area contributed by atoms with Crippen molar-refractivity contribution in [3.05, 3.63) is 42.1 Å². The van der Waals surface area contributed by atoms with Crippen molar-refractivity contribution in [2.75, 3.05) is 33.2 Å². The van der Waals surface area contributed by atoms with Crippen LogP contribution in [-0.2, 0) is 11.2 Å². The van der Waals surface area contributed by atoms with E-state index in [2.05, 4.69) is 16.9 Å². The molecule has 4 nitrogen and oxygen atoms in total. The molecule has 4 heteroatoms. The van der Waals surface area contributed by atoms with Crippen LogP contribution in [0.15, 0.2) is 36.5 Å². The predicted molar refractivity (Wildman–Crippen MR) is 84.1 cm³/mol. The number of nitrogens with zero attached hydrogens (tertiary/aromatic N) is 3. The summed E-state index contributed by atoms with van der Waals surface area (Å²) < 4.78 is 0.